The highest BCUT2D eigenvalue weighted by atomic mass is 16.5. The Hall–Kier alpha value is -1.49. The third-order valence-electron chi connectivity index (χ3n) is 9.49. The fourth-order valence-electron chi connectivity index (χ4n) is 7.99. The second kappa shape index (κ2) is 5.78. The maximum Gasteiger partial charge on any atom is 0.331 e. The van der Waals surface area contributed by atoms with Gasteiger partial charge in [-0.25, -0.2) is 4.79 Å². The molecule has 4 aliphatic carbocycles. The number of cyclic esters (lactones) is 1. The third-order valence-corrected chi connectivity index (χ3v) is 9.49. The van der Waals surface area contributed by atoms with Crippen molar-refractivity contribution in [3.63, 3.8) is 0 Å². The van der Waals surface area contributed by atoms with E-state index in [0.717, 1.165) is 31.3 Å². The molecule has 0 aromatic heterocycles. The van der Waals surface area contributed by atoms with Crippen LogP contribution in [0.5, 0.6) is 0 Å². The molecule has 1 aliphatic heterocycles. The summed E-state index contributed by atoms with van der Waals surface area (Å²) in [7, 11) is 0. The van der Waals surface area contributed by atoms with Crippen LogP contribution in [-0.2, 0) is 19.1 Å². The molecule has 5 heteroatoms. The number of ketones is 2. The number of carbonyl (C=O) groups excluding carboxylic acids is 3. The van der Waals surface area contributed by atoms with E-state index in [4.69, 9.17) is 4.74 Å². The van der Waals surface area contributed by atoms with Crippen LogP contribution in [-0.4, -0.2) is 34.9 Å². The third kappa shape index (κ3) is 2.20. The zero-order valence-electron chi connectivity index (χ0n) is 16.8. The number of hydrogen-bond acceptors (Lipinski definition) is 5. The van der Waals surface area contributed by atoms with E-state index < -0.39 is 11.0 Å². The maximum atomic E-state index is 13.6. The Morgan fingerprint density at radius 1 is 1.11 bits per heavy atom. The van der Waals surface area contributed by atoms with Crippen LogP contribution in [0.15, 0.2) is 11.6 Å². The van der Waals surface area contributed by atoms with Crippen LogP contribution < -0.4 is 0 Å². The van der Waals surface area contributed by atoms with Crippen LogP contribution >= 0.6 is 0 Å². The summed E-state index contributed by atoms with van der Waals surface area (Å²) in [5.41, 5.74) is -0.663. The zero-order valence-corrected chi connectivity index (χ0v) is 16.8. The van der Waals surface area contributed by atoms with Crippen LogP contribution in [0.3, 0.4) is 0 Å². The van der Waals surface area contributed by atoms with Crippen molar-refractivity contribution < 1.29 is 24.2 Å². The highest BCUT2D eigenvalue weighted by Crippen LogP contribution is 2.68. The molecular weight excluding hydrogens is 356 g/mol. The number of Topliss-reactive ketones (excluding diaryl/α,β-unsaturated/α-hetero) is 2. The molecule has 0 bridgehead atoms. The Balaban J connectivity index is 1.53. The fourth-order valence-corrected chi connectivity index (χ4v) is 7.99. The van der Waals surface area contributed by atoms with Gasteiger partial charge in [-0.2, -0.15) is 0 Å². The van der Waals surface area contributed by atoms with E-state index in [1.165, 1.54) is 0 Å². The van der Waals surface area contributed by atoms with Gasteiger partial charge in [0.15, 0.2) is 0 Å². The van der Waals surface area contributed by atoms with Gasteiger partial charge in [0, 0.05) is 36.7 Å². The first kappa shape index (κ1) is 18.5. The van der Waals surface area contributed by atoms with Gasteiger partial charge in [-0.05, 0) is 60.8 Å². The molecule has 4 saturated carbocycles. The van der Waals surface area contributed by atoms with Crippen LogP contribution in [0.1, 0.15) is 65.2 Å². The fraction of sp³-hybridized carbons (Fsp3) is 0.783. The minimum absolute atomic E-state index is 0.0207. The number of fused-ring (bicyclic) bond motifs is 5. The van der Waals surface area contributed by atoms with E-state index >= 15 is 0 Å². The second-order valence-electron chi connectivity index (χ2n) is 10.5. The van der Waals surface area contributed by atoms with E-state index in [1.807, 2.05) is 0 Å². The molecule has 1 unspecified atom stereocenters. The molecule has 5 aliphatic rings. The lowest BCUT2D eigenvalue weighted by Gasteiger charge is -2.62. The molecule has 7 atom stereocenters. The number of rotatable bonds is 1. The summed E-state index contributed by atoms with van der Waals surface area (Å²) in [6, 6.07) is 0. The van der Waals surface area contributed by atoms with Crippen molar-refractivity contribution in [1.29, 1.82) is 0 Å². The van der Waals surface area contributed by atoms with Gasteiger partial charge in [0.05, 0.1) is 5.60 Å². The minimum Gasteiger partial charge on any atom is -0.458 e. The van der Waals surface area contributed by atoms with E-state index in [2.05, 4.69) is 13.8 Å². The Morgan fingerprint density at radius 2 is 1.89 bits per heavy atom. The standard InChI is InChI=1S/C23H30O5/c1-21-7-5-15(24)10-14(21)3-4-17-20(21)18(25)11-22(2)16(6-8-23(17,22)27)13-9-19(26)28-12-13/h9,14,16-17,20,27H,3-8,10-12H2,1-2H3/t14-,16-,17-,20-,21+,22-,23?/m1/s1. The average molecular weight is 386 g/mol. The van der Waals surface area contributed by atoms with Crippen molar-refractivity contribution in [2.45, 2.75) is 70.8 Å². The topological polar surface area (TPSA) is 80.7 Å². The first-order valence-corrected chi connectivity index (χ1v) is 10.8. The molecule has 5 rings (SSSR count). The Labute approximate surface area is 165 Å². The van der Waals surface area contributed by atoms with Crippen LogP contribution in [0.25, 0.3) is 0 Å². The number of aliphatic hydroxyl groups is 1. The van der Waals surface area contributed by atoms with Crippen LogP contribution in [0.2, 0.25) is 0 Å². The van der Waals surface area contributed by atoms with Gasteiger partial charge in [0.25, 0.3) is 0 Å². The lowest BCUT2D eigenvalue weighted by Crippen LogP contribution is -2.65. The molecule has 5 nitrogen and oxygen atoms in total. The van der Waals surface area contributed by atoms with Crippen molar-refractivity contribution in [3.8, 4) is 0 Å². The summed E-state index contributed by atoms with van der Waals surface area (Å²) in [6.45, 7) is 4.55. The largest absolute Gasteiger partial charge is 0.458 e. The first-order valence-electron chi connectivity index (χ1n) is 10.8. The lowest BCUT2D eigenvalue weighted by molar-refractivity contribution is -0.202. The van der Waals surface area contributed by atoms with E-state index in [9.17, 15) is 19.5 Å². The summed E-state index contributed by atoms with van der Waals surface area (Å²) in [6.07, 6.45) is 7.07. The van der Waals surface area contributed by atoms with Gasteiger partial charge in [-0.3, -0.25) is 9.59 Å². The number of ether oxygens (including phenoxy) is 1. The molecular formula is C23H30O5. The molecule has 28 heavy (non-hydrogen) atoms. The summed E-state index contributed by atoms with van der Waals surface area (Å²) in [4.78, 5) is 37.2. The second-order valence-corrected chi connectivity index (χ2v) is 10.5. The highest BCUT2D eigenvalue weighted by molar-refractivity contribution is 5.87. The summed E-state index contributed by atoms with van der Waals surface area (Å²) in [5, 5.41) is 12.1. The van der Waals surface area contributed by atoms with Gasteiger partial charge in [-0.15, -0.1) is 0 Å². The number of hydrogen-bond donors (Lipinski definition) is 1. The molecule has 0 aromatic carbocycles. The molecule has 0 radical (unpaired) electrons. The molecule has 1 N–H and O–H groups in total. The van der Waals surface area contributed by atoms with Crippen LogP contribution in [0, 0.1) is 34.5 Å². The Bertz CT molecular complexity index is 799. The van der Waals surface area contributed by atoms with Crippen molar-refractivity contribution >= 4 is 17.5 Å². The quantitative estimate of drug-likeness (QED) is 0.701. The van der Waals surface area contributed by atoms with Gasteiger partial charge >= 0.3 is 5.97 Å². The number of carbonyl (C=O) groups is 3. The van der Waals surface area contributed by atoms with Gasteiger partial charge < -0.3 is 9.84 Å². The zero-order chi connectivity index (χ0) is 19.9. The average Bonchev–Trinajstić information content (AvgIpc) is 3.16. The lowest BCUT2D eigenvalue weighted by atomic mass is 9.43. The smallest absolute Gasteiger partial charge is 0.331 e. The van der Waals surface area contributed by atoms with Gasteiger partial charge in [-0.1, -0.05) is 13.8 Å². The van der Waals surface area contributed by atoms with E-state index in [0.29, 0.717) is 38.1 Å². The predicted octanol–water partition coefficient (Wildman–Crippen LogP) is 2.99. The SMILES string of the molecule is C[C@]12CCC(=O)C[C@H]1CC[C@@H]1[C@@H]2C(=O)C[C@]2(C)[C@@H](C3=CC(=O)OC3)CCC12O. The molecule has 0 saturated heterocycles. The minimum atomic E-state index is -0.891. The van der Waals surface area contributed by atoms with E-state index in [1.54, 1.807) is 6.08 Å². The summed E-state index contributed by atoms with van der Waals surface area (Å²) < 4.78 is 5.14. The molecule has 152 valence electrons. The monoisotopic (exact) mass is 386 g/mol. The van der Waals surface area contributed by atoms with Crippen LogP contribution in [0.4, 0.5) is 0 Å². The van der Waals surface area contributed by atoms with E-state index in [-0.39, 0.29) is 40.8 Å². The normalized spacial score (nSPS) is 50.5. The van der Waals surface area contributed by atoms with Gasteiger partial charge in [0.1, 0.15) is 18.2 Å². The maximum absolute atomic E-state index is 13.6. The predicted molar refractivity (Wildman–Crippen MR) is 101 cm³/mol. The van der Waals surface area contributed by atoms with Gasteiger partial charge in [0.2, 0.25) is 0 Å². The molecule has 0 amide bonds. The van der Waals surface area contributed by atoms with Crippen molar-refractivity contribution in [2.24, 2.45) is 34.5 Å². The van der Waals surface area contributed by atoms with Crippen molar-refractivity contribution in [3.05, 3.63) is 11.6 Å². The number of esters is 1. The first-order chi connectivity index (χ1) is 13.2. The van der Waals surface area contributed by atoms with Crippen molar-refractivity contribution in [1.82, 2.24) is 0 Å². The molecule has 4 fully saturated rings. The molecule has 0 spiro atoms. The highest BCUT2D eigenvalue weighted by Gasteiger charge is 2.70. The summed E-state index contributed by atoms with van der Waals surface area (Å²) in [5.74, 6) is 0.375. The molecule has 1 heterocycles. The van der Waals surface area contributed by atoms with Crippen molar-refractivity contribution in [2.75, 3.05) is 6.61 Å². The Kier molecular flexibility index (Phi) is 3.82. The Morgan fingerprint density at radius 3 is 2.61 bits per heavy atom. The molecule has 0 aromatic rings. The summed E-state index contributed by atoms with van der Waals surface area (Å²) >= 11 is 0.